The predicted molar refractivity (Wildman–Crippen MR) is 122 cm³/mol. The van der Waals surface area contributed by atoms with E-state index in [0.29, 0.717) is 40.3 Å². The van der Waals surface area contributed by atoms with Crippen LogP contribution >= 0.6 is 23.2 Å². The molecule has 2 heterocycles. The molecule has 0 radical (unpaired) electrons. The summed E-state index contributed by atoms with van der Waals surface area (Å²) in [5.41, 5.74) is 2.15. The predicted octanol–water partition coefficient (Wildman–Crippen LogP) is 6.89. The first kappa shape index (κ1) is 23.0. The monoisotopic (exact) mass is 482 g/mol. The van der Waals surface area contributed by atoms with Gasteiger partial charge in [-0.25, -0.2) is 0 Å². The van der Waals surface area contributed by atoms with E-state index in [9.17, 15) is 18.0 Å². The maximum atomic E-state index is 13.3. The molecule has 0 spiro atoms. The van der Waals surface area contributed by atoms with Gasteiger partial charge >= 0.3 is 6.18 Å². The number of likely N-dealkylation sites (tertiary alicyclic amines) is 1. The number of rotatable bonds is 3. The molecule has 3 aromatic rings. The van der Waals surface area contributed by atoms with Gasteiger partial charge in [0.15, 0.2) is 0 Å². The highest BCUT2D eigenvalue weighted by Gasteiger charge is 2.38. The third kappa shape index (κ3) is 3.99. The molecule has 32 heavy (non-hydrogen) atoms. The number of amides is 1. The van der Waals surface area contributed by atoms with Gasteiger partial charge in [-0.1, -0.05) is 37.0 Å². The second-order valence-corrected chi connectivity index (χ2v) is 10.1. The Balaban J connectivity index is 1.72. The van der Waals surface area contributed by atoms with Gasteiger partial charge in [-0.2, -0.15) is 13.2 Å². The van der Waals surface area contributed by atoms with Crippen LogP contribution < -0.4 is 0 Å². The van der Waals surface area contributed by atoms with Crippen molar-refractivity contribution in [2.45, 2.75) is 33.4 Å². The first-order chi connectivity index (χ1) is 14.8. The summed E-state index contributed by atoms with van der Waals surface area (Å²) in [6.45, 7) is 7.17. The van der Waals surface area contributed by atoms with Gasteiger partial charge in [0.1, 0.15) is 0 Å². The number of hydrogen-bond acceptors (Lipinski definition) is 1. The van der Waals surface area contributed by atoms with Crippen molar-refractivity contribution in [2.24, 2.45) is 12.5 Å². The van der Waals surface area contributed by atoms with Crippen LogP contribution in [-0.2, 0) is 19.6 Å². The zero-order chi connectivity index (χ0) is 23.6. The Kier molecular flexibility index (Phi) is 5.53. The van der Waals surface area contributed by atoms with E-state index >= 15 is 0 Å². The highest BCUT2D eigenvalue weighted by Crippen LogP contribution is 2.37. The standard InChI is InChI=1S/C24H23Cl2F3N2O/c1-13-7-14(24(27,28)29)8-20-17(13)9-15(30(20)4)10-18-19(25)6-5-16(21(18)26)22(32)31-11-23(2,3)12-31/h5-9H,10-12H2,1-4H3. The van der Waals surface area contributed by atoms with Crippen LogP contribution in [-0.4, -0.2) is 28.5 Å². The fraction of sp³-hybridized carbons (Fsp3) is 0.375. The Morgan fingerprint density at radius 3 is 2.38 bits per heavy atom. The van der Waals surface area contributed by atoms with E-state index in [0.717, 1.165) is 23.2 Å². The molecule has 0 aliphatic carbocycles. The minimum Gasteiger partial charge on any atom is -0.347 e. The van der Waals surface area contributed by atoms with Crippen molar-refractivity contribution in [3.05, 3.63) is 68.3 Å². The van der Waals surface area contributed by atoms with Gasteiger partial charge in [-0.05, 0) is 53.8 Å². The van der Waals surface area contributed by atoms with Crippen molar-refractivity contribution in [3.8, 4) is 0 Å². The fourth-order valence-corrected chi connectivity index (χ4v) is 4.99. The number of nitrogens with zero attached hydrogens (tertiary/aromatic N) is 2. The van der Waals surface area contributed by atoms with E-state index < -0.39 is 11.7 Å². The number of aryl methyl sites for hydroxylation is 2. The number of halogens is 5. The van der Waals surface area contributed by atoms with Crippen molar-refractivity contribution in [2.75, 3.05) is 13.1 Å². The molecule has 1 aromatic heterocycles. The molecule has 170 valence electrons. The molecule has 8 heteroatoms. The van der Waals surface area contributed by atoms with Gasteiger partial charge in [0.2, 0.25) is 0 Å². The van der Waals surface area contributed by atoms with Crippen LogP contribution in [0.3, 0.4) is 0 Å². The van der Waals surface area contributed by atoms with Crippen LogP contribution in [0.2, 0.25) is 10.0 Å². The number of fused-ring (bicyclic) bond motifs is 1. The molecule has 0 saturated carbocycles. The van der Waals surface area contributed by atoms with E-state index in [1.165, 1.54) is 0 Å². The van der Waals surface area contributed by atoms with Gasteiger partial charge in [0.25, 0.3) is 5.91 Å². The third-order valence-corrected chi connectivity index (χ3v) is 6.88. The van der Waals surface area contributed by atoms with Crippen LogP contribution in [0, 0.1) is 12.3 Å². The quantitative estimate of drug-likeness (QED) is 0.399. The van der Waals surface area contributed by atoms with Crippen LogP contribution in [0.25, 0.3) is 10.9 Å². The lowest BCUT2D eigenvalue weighted by Crippen LogP contribution is -2.55. The van der Waals surface area contributed by atoms with E-state index in [2.05, 4.69) is 13.8 Å². The molecule has 1 aliphatic heterocycles. The molecule has 1 amide bonds. The summed E-state index contributed by atoms with van der Waals surface area (Å²) in [5, 5.41) is 1.43. The molecule has 0 unspecified atom stereocenters. The molecule has 0 bridgehead atoms. The number of carbonyl (C=O) groups excluding carboxylic acids is 1. The van der Waals surface area contributed by atoms with Crippen LogP contribution in [0.1, 0.15) is 46.6 Å². The Morgan fingerprint density at radius 2 is 1.78 bits per heavy atom. The zero-order valence-electron chi connectivity index (χ0n) is 18.2. The molecular formula is C24H23Cl2F3N2O. The van der Waals surface area contributed by atoms with E-state index in [-0.39, 0.29) is 22.8 Å². The second-order valence-electron chi connectivity index (χ2n) is 9.31. The summed E-state index contributed by atoms with van der Waals surface area (Å²) < 4.78 is 41.5. The van der Waals surface area contributed by atoms with Gasteiger partial charge < -0.3 is 9.47 Å². The van der Waals surface area contributed by atoms with Gasteiger partial charge in [-0.3, -0.25) is 4.79 Å². The molecule has 4 rings (SSSR count). The summed E-state index contributed by atoms with van der Waals surface area (Å²) >= 11 is 13.1. The highest BCUT2D eigenvalue weighted by atomic mass is 35.5. The van der Waals surface area contributed by atoms with Crippen molar-refractivity contribution < 1.29 is 18.0 Å². The van der Waals surface area contributed by atoms with Crippen LogP contribution in [0.5, 0.6) is 0 Å². The largest absolute Gasteiger partial charge is 0.416 e. The number of aromatic nitrogens is 1. The molecule has 1 fully saturated rings. The number of hydrogen-bond donors (Lipinski definition) is 0. The van der Waals surface area contributed by atoms with Crippen LogP contribution in [0.15, 0.2) is 30.3 Å². The SMILES string of the molecule is Cc1cc(C(F)(F)F)cc2c1cc(Cc1c(Cl)ccc(C(=O)N3CC(C)(C)C3)c1Cl)n2C. The lowest BCUT2D eigenvalue weighted by atomic mass is 9.84. The second kappa shape index (κ2) is 7.70. The Bertz CT molecular complexity index is 1240. The maximum absolute atomic E-state index is 13.3. The lowest BCUT2D eigenvalue weighted by molar-refractivity contribution is -0.137. The topological polar surface area (TPSA) is 25.2 Å². The van der Waals surface area contributed by atoms with E-state index in [1.54, 1.807) is 35.6 Å². The molecule has 3 nitrogen and oxygen atoms in total. The average Bonchev–Trinajstić information content (AvgIpc) is 2.98. The molecule has 0 N–H and O–H groups in total. The Labute approximate surface area is 194 Å². The molecule has 0 atom stereocenters. The molecular weight excluding hydrogens is 460 g/mol. The zero-order valence-corrected chi connectivity index (χ0v) is 19.7. The summed E-state index contributed by atoms with van der Waals surface area (Å²) in [6.07, 6.45) is -4.13. The maximum Gasteiger partial charge on any atom is 0.416 e. The number of benzene rings is 2. The van der Waals surface area contributed by atoms with Gasteiger partial charge in [0, 0.05) is 48.2 Å². The van der Waals surface area contributed by atoms with Crippen molar-refractivity contribution in [1.82, 2.24) is 9.47 Å². The lowest BCUT2D eigenvalue weighted by Gasteiger charge is -2.45. The first-order valence-corrected chi connectivity index (χ1v) is 11.0. The smallest absolute Gasteiger partial charge is 0.347 e. The summed E-state index contributed by atoms with van der Waals surface area (Å²) in [4.78, 5) is 14.7. The molecule has 1 saturated heterocycles. The highest BCUT2D eigenvalue weighted by molar-refractivity contribution is 6.38. The molecule has 1 aliphatic rings. The van der Waals surface area contributed by atoms with Crippen molar-refractivity contribution >= 4 is 40.0 Å². The number of carbonyl (C=O) groups is 1. The van der Waals surface area contributed by atoms with E-state index in [1.807, 2.05) is 6.07 Å². The average molecular weight is 483 g/mol. The molecule has 2 aromatic carbocycles. The van der Waals surface area contributed by atoms with E-state index in [4.69, 9.17) is 23.2 Å². The normalized spacial score (nSPS) is 15.8. The fourth-order valence-electron chi connectivity index (χ4n) is 4.40. The van der Waals surface area contributed by atoms with Crippen LogP contribution in [0.4, 0.5) is 13.2 Å². The minimum absolute atomic E-state index is 0.0909. The van der Waals surface area contributed by atoms with Gasteiger partial charge in [-0.15, -0.1) is 0 Å². The Morgan fingerprint density at radius 1 is 1.12 bits per heavy atom. The minimum atomic E-state index is -4.42. The van der Waals surface area contributed by atoms with Gasteiger partial charge in [0.05, 0.1) is 16.1 Å². The summed E-state index contributed by atoms with van der Waals surface area (Å²) in [6, 6.07) is 7.43. The Hall–Kier alpha value is -2.18. The summed E-state index contributed by atoms with van der Waals surface area (Å²) in [7, 11) is 1.72. The van der Waals surface area contributed by atoms with Crippen molar-refractivity contribution in [1.29, 1.82) is 0 Å². The summed E-state index contributed by atoms with van der Waals surface area (Å²) in [5.74, 6) is -0.144. The first-order valence-electron chi connectivity index (χ1n) is 10.2. The number of alkyl halides is 3. The third-order valence-electron chi connectivity index (χ3n) is 6.09. The van der Waals surface area contributed by atoms with Crippen molar-refractivity contribution in [3.63, 3.8) is 0 Å².